The molecule has 0 saturated heterocycles. The smallest absolute Gasteiger partial charge is 0.429 e. The zero-order chi connectivity index (χ0) is 10.4. The van der Waals surface area contributed by atoms with Crippen molar-refractivity contribution in [3.05, 3.63) is 35.9 Å². The van der Waals surface area contributed by atoms with Crippen LogP contribution < -0.4 is 0 Å². The Balaban J connectivity index is 2.34. The molecule has 0 N–H and O–H groups in total. The van der Waals surface area contributed by atoms with E-state index in [-0.39, 0.29) is 6.61 Å². The van der Waals surface area contributed by atoms with E-state index in [2.05, 4.69) is 9.47 Å². The van der Waals surface area contributed by atoms with Gasteiger partial charge in [-0.25, -0.2) is 4.79 Å². The highest BCUT2D eigenvalue weighted by molar-refractivity contribution is 5.79. The molecule has 1 aromatic carbocycles. The van der Waals surface area contributed by atoms with Gasteiger partial charge in [-0.1, -0.05) is 30.3 Å². The molecule has 4 nitrogen and oxygen atoms in total. The Bertz CT molecular complexity index is 318. The van der Waals surface area contributed by atoms with Gasteiger partial charge < -0.3 is 9.47 Å². The van der Waals surface area contributed by atoms with Crippen LogP contribution >= 0.6 is 0 Å². The number of rotatable bonds is 2. The monoisotopic (exact) mass is 194 g/mol. The lowest BCUT2D eigenvalue weighted by Gasteiger charge is -2.02. The number of benzene rings is 1. The fourth-order valence-electron chi connectivity index (χ4n) is 0.863. The molecule has 0 aliphatic carbocycles. The minimum absolute atomic E-state index is 0.104. The van der Waals surface area contributed by atoms with Gasteiger partial charge in [0.25, 0.3) is 0 Å². The Morgan fingerprint density at radius 3 is 2.43 bits per heavy atom. The highest BCUT2D eigenvalue weighted by atomic mass is 16.7. The van der Waals surface area contributed by atoms with Gasteiger partial charge in [-0.05, 0) is 5.56 Å². The number of carbonyl (C=O) groups excluding carboxylic acids is 2. The van der Waals surface area contributed by atoms with Crippen molar-refractivity contribution in [2.24, 2.45) is 0 Å². The van der Waals surface area contributed by atoms with E-state index in [4.69, 9.17) is 0 Å². The molecule has 0 aliphatic rings. The third kappa shape index (κ3) is 3.71. The van der Waals surface area contributed by atoms with Gasteiger partial charge in [0.05, 0.1) is 0 Å². The summed E-state index contributed by atoms with van der Waals surface area (Å²) in [6.45, 7) is 1.25. The van der Waals surface area contributed by atoms with Crippen molar-refractivity contribution in [1.29, 1.82) is 0 Å². The van der Waals surface area contributed by atoms with Crippen molar-refractivity contribution in [2.45, 2.75) is 13.5 Å². The highest BCUT2D eigenvalue weighted by Crippen LogP contribution is 2.01. The van der Waals surface area contributed by atoms with Crippen LogP contribution in [-0.2, 0) is 20.9 Å². The van der Waals surface area contributed by atoms with E-state index < -0.39 is 12.1 Å². The SMILES string of the molecule is CC(=O)OC(=O)OCc1ccccc1. The summed E-state index contributed by atoms with van der Waals surface area (Å²) in [6.07, 6.45) is -0.971. The summed E-state index contributed by atoms with van der Waals surface area (Å²) >= 11 is 0. The Morgan fingerprint density at radius 2 is 1.86 bits per heavy atom. The maximum Gasteiger partial charge on any atom is 0.516 e. The predicted molar refractivity (Wildman–Crippen MR) is 48.4 cm³/mol. The van der Waals surface area contributed by atoms with Gasteiger partial charge in [0.15, 0.2) is 0 Å². The van der Waals surface area contributed by atoms with Crippen LogP contribution in [0.1, 0.15) is 12.5 Å². The van der Waals surface area contributed by atoms with Crippen molar-refractivity contribution in [3.63, 3.8) is 0 Å². The molecule has 0 heterocycles. The van der Waals surface area contributed by atoms with Gasteiger partial charge >= 0.3 is 12.1 Å². The predicted octanol–water partition coefficient (Wildman–Crippen LogP) is 1.89. The molecule has 0 bridgehead atoms. The summed E-state index contributed by atoms with van der Waals surface area (Å²) in [5, 5.41) is 0. The van der Waals surface area contributed by atoms with Gasteiger partial charge in [0, 0.05) is 6.92 Å². The first-order valence-electron chi connectivity index (χ1n) is 4.07. The zero-order valence-electron chi connectivity index (χ0n) is 7.73. The summed E-state index contributed by atoms with van der Waals surface area (Å²) in [5.74, 6) is -0.678. The minimum Gasteiger partial charge on any atom is -0.429 e. The first kappa shape index (κ1) is 10.2. The van der Waals surface area contributed by atoms with Crippen molar-refractivity contribution >= 4 is 12.1 Å². The van der Waals surface area contributed by atoms with E-state index in [0.717, 1.165) is 12.5 Å². The second-order valence-electron chi connectivity index (χ2n) is 2.62. The van der Waals surface area contributed by atoms with Crippen LogP contribution in [0.15, 0.2) is 30.3 Å². The lowest BCUT2D eigenvalue weighted by molar-refractivity contribution is -0.137. The van der Waals surface area contributed by atoms with E-state index in [1.807, 2.05) is 18.2 Å². The number of ether oxygens (including phenoxy) is 2. The van der Waals surface area contributed by atoms with Crippen LogP contribution in [0.25, 0.3) is 0 Å². The Kier molecular flexibility index (Phi) is 3.67. The standard InChI is InChI=1S/C10H10O4/c1-8(11)14-10(12)13-7-9-5-3-2-4-6-9/h2-6H,7H2,1H3. The van der Waals surface area contributed by atoms with Gasteiger partial charge in [-0.15, -0.1) is 0 Å². The molecule has 14 heavy (non-hydrogen) atoms. The topological polar surface area (TPSA) is 52.6 Å². The first-order valence-corrected chi connectivity index (χ1v) is 4.07. The van der Waals surface area contributed by atoms with Crippen LogP contribution in [0.4, 0.5) is 4.79 Å². The number of carbonyl (C=O) groups is 2. The summed E-state index contributed by atoms with van der Waals surface area (Å²) in [5.41, 5.74) is 0.841. The molecule has 0 unspecified atom stereocenters. The van der Waals surface area contributed by atoms with Gasteiger partial charge in [0.1, 0.15) is 6.61 Å². The average Bonchev–Trinajstić information content (AvgIpc) is 2.15. The number of hydrogen-bond acceptors (Lipinski definition) is 4. The van der Waals surface area contributed by atoms with Gasteiger partial charge in [-0.3, -0.25) is 4.79 Å². The maximum atomic E-state index is 10.8. The molecule has 1 aromatic rings. The lowest BCUT2D eigenvalue weighted by atomic mass is 10.2. The molecule has 0 aliphatic heterocycles. The molecule has 0 fully saturated rings. The van der Waals surface area contributed by atoms with E-state index in [1.165, 1.54) is 0 Å². The van der Waals surface area contributed by atoms with Crippen molar-refractivity contribution < 1.29 is 19.1 Å². The molecule has 1 rings (SSSR count). The van der Waals surface area contributed by atoms with Crippen LogP contribution in [0.2, 0.25) is 0 Å². The van der Waals surface area contributed by atoms with Crippen molar-refractivity contribution in [3.8, 4) is 0 Å². The Labute approximate surface area is 81.4 Å². The van der Waals surface area contributed by atoms with E-state index in [9.17, 15) is 9.59 Å². The molecule has 0 radical (unpaired) electrons. The van der Waals surface area contributed by atoms with Crippen molar-refractivity contribution in [2.75, 3.05) is 0 Å². The fraction of sp³-hybridized carbons (Fsp3) is 0.200. The van der Waals surface area contributed by atoms with Crippen molar-refractivity contribution in [1.82, 2.24) is 0 Å². The summed E-state index contributed by atoms with van der Waals surface area (Å²) < 4.78 is 8.83. The largest absolute Gasteiger partial charge is 0.516 e. The van der Waals surface area contributed by atoms with Crippen LogP contribution in [0.5, 0.6) is 0 Å². The summed E-state index contributed by atoms with van der Waals surface area (Å²) in [7, 11) is 0. The van der Waals surface area contributed by atoms with Crippen LogP contribution in [0.3, 0.4) is 0 Å². The Morgan fingerprint density at radius 1 is 1.21 bits per heavy atom. The van der Waals surface area contributed by atoms with Gasteiger partial charge in [-0.2, -0.15) is 0 Å². The third-order valence-electron chi connectivity index (χ3n) is 1.43. The molecule has 0 spiro atoms. The lowest BCUT2D eigenvalue weighted by Crippen LogP contribution is -2.10. The minimum atomic E-state index is -0.971. The molecule has 0 aromatic heterocycles. The van der Waals surface area contributed by atoms with E-state index in [1.54, 1.807) is 12.1 Å². The number of esters is 1. The van der Waals surface area contributed by atoms with Crippen LogP contribution in [-0.4, -0.2) is 12.1 Å². The summed E-state index contributed by atoms with van der Waals surface area (Å²) in [4.78, 5) is 21.1. The zero-order valence-corrected chi connectivity index (χ0v) is 7.73. The summed E-state index contributed by atoms with van der Waals surface area (Å²) in [6, 6.07) is 9.13. The molecular weight excluding hydrogens is 184 g/mol. The normalized spacial score (nSPS) is 9.21. The number of hydrogen-bond donors (Lipinski definition) is 0. The molecule has 4 heteroatoms. The first-order chi connectivity index (χ1) is 6.68. The van der Waals surface area contributed by atoms with E-state index in [0.29, 0.717) is 0 Å². The second kappa shape index (κ2) is 5.01. The maximum absolute atomic E-state index is 10.8. The highest BCUT2D eigenvalue weighted by Gasteiger charge is 2.06. The third-order valence-corrected chi connectivity index (χ3v) is 1.43. The van der Waals surface area contributed by atoms with Crippen LogP contribution in [0, 0.1) is 0 Å². The molecule has 0 amide bonds. The second-order valence-corrected chi connectivity index (χ2v) is 2.62. The quantitative estimate of drug-likeness (QED) is 0.532. The molecule has 0 atom stereocenters. The Hall–Kier alpha value is -1.84. The molecule has 74 valence electrons. The molecular formula is C10H10O4. The van der Waals surface area contributed by atoms with Gasteiger partial charge in [0.2, 0.25) is 0 Å². The average molecular weight is 194 g/mol. The molecule has 0 saturated carbocycles. The van der Waals surface area contributed by atoms with E-state index >= 15 is 0 Å². The fourth-order valence-corrected chi connectivity index (χ4v) is 0.863.